The molecule has 1 saturated heterocycles. The lowest BCUT2D eigenvalue weighted by Gasteiger charge is -2.44. The van der Waals surface area contributed by atoms with Crippen LogP contribution in [0.25, 0.3) is 0 Å². The van der Waals surface area contributed by atoms with Crippen LogP contribution in [0.1, 0.15) is 65.0 Å². The molecule has 1 unspecified atom stereocenters. The molecule has 2 aliphatic rings. The van der Waals surface area contributed by atoms with Crippen molar-refractivity contribution < 1.29 is 32.3 Å². The first-order chi connectivity index (χ1) is 17.1. The number of hydrogen-bond donors (Lipinski definition) is 2. The lowest BCUT2D eigenvalue weighted by atomic mass is 9.90. The average Bonchev–Trinajstić information content (AvgIpc) is 3.30. The third-order valence-corrected chi connectivity index (χ3v) is 7.59. The molecule has 2 N–H and O–H groups in total. The molecule has 0 radical (unpaired) electrons. The molecule has 6 nitrogen and oxygen atoms in total. The van der Waals surface area contributed by atoms with E-state index in [9.17, 15) is 32.3 Å². The van der Waals surface area contributed by atoms with Gasteiger partial charge >= 0.3 is 12.3 Å². The smallest absolute Gasteiger partial charge is 0.419 e. The summed E-state index contributed by atoms with van der Waals surface area (Å²) in [7, 11) is 0. The zero-order chi connectivity index (χ0) is 27.7. The molecule has 1 aromatic rings. The fourth-order valence-electron chi connectivity index (χ4n) is 6.07. The molecule has 1 saturated carbocycles. The van der Waals surface area contributed by atoms with Crippen LogP contribution in [0.2, 0.25) is 0 Å². The van der Waals surface area contributed by atoms with Gasteiger partial charge in [-0.15, -0.1) is 0 Å². The van der Waals surface area contributed by atoms with Crippen LogP contribution in [0.3, 0.4) is 0 Å². The Morgan fingerprint density at radius 1 is 1.22 bits per heavy atom. The Balaban J connectivity index is 1.76. The molecule has 10 heteroatoms. The monoisotopic (exact) mass is 529 g/mol. The minimum atomic E-state index is -4.73. The highest BCUT2D eigenvalue weighted by molar-refractivity contribution is 5.68. The Morgan fingerprint density at radius 3 is 2.41 bits per heavy atom. The number of likely N-dealkylation sites (tertiary alicyclic amines) is 1. The molecule has 5 atom stereocenters. The predicted octanol–water partition coefficient (Wildman–Crippen LogP) is 5.61. The van der Waals surface area contributed by atoms with Gasteiger partial charge in [-0.25, -0.2) is 9.18 Å². The molecular formula is C27H39F4N3O3. The van der Waals surface area contributed by atoms with Crippen LogP contribution >= 0.6 is 0 Å². The van der Waals surface area contributed by atoms with E-state index in [2.05, 4.69) is 10.2 Å². The summed E-state index contributed by atoms with van der Waals surface area (Å²) >= 11 is 0. The molecule has 0 bridgehead atoms. The maximum absolute atomic E-state index is 14.1. The standard InChI is InChI=1S/C27H39F4N3O3/c1-16(2)10-19(15-35)24(34(25(36)37)26(3,4)5)32-23-9-7-18-13-33(14-20(18)23)12-17-6-8-21(22(28)11-17)27(29,30)31/h6,8,11,15-16,18-20,23-24,32H,7,9-10,12-14H2,1-5H3,(H,36,37)/t18-,19+,20+,23+,24?/m0/s1. The first-order valence-corrected chi connectivity index (χ1v) is 12.9. The Hall–Kier alpha value is -2.20. The lowest BCUT2D eigenvalue weighted by Crippen LogP contribution is -2.62. The number of nitrogens with zero attached hydrogens (tertiary/aromatic N) is 2. The molecule has 1 aromatic carbocycles. The molecule has 1 aliphatic carbocycles. The van der Waals surface area contributed by atoms with E-state index in [0.29, 0.717) is 31.0 Å². The van der Waals surface area contributed by atoms with E-state index >= 15 is 0 Å². The summed E-state index contributed by atoms with van der Waals surface area (Å²) in [5, 5.41) is 13.6. The van der Waals surface area contributed by atoms with Gasteiger partial charge in [-0.2, -0.15) is 13.2 Å². The maximum Gasteiger partial charge on any atom is 0.419 e. The number of halogens is 4. The van der Waals surface area contributed by atoms with Crippen LogP contribution in [0.5, 0.6) is 0 Å². The van der Waals surface area contributed by atoms with Gasteiger partial charge in [0.1, 0.15) is 12.1 Å². The number of carbonyl (C=O) groups is 2. The van der Waals surface area contributed by atoms with E-state index in [0.717, 1.165) is 37.8 Å². The van der Waals surface area contributed by atoms with Gasteiger partial charge in [0.05, 0.1) is 11.7 Å². The second-order valence-corrected chi connectivity index (χ2v) is 12.0. The van der Waals surface area contributed by atoms with Gasteiger partial charge < -0.3 is 9.90 Å². The second-order valence-electron chi connectivity index (χ2n) is 12.0. The molecule has 0 aromatic heterocycles. The first-order valence-electron chi connectivity index (χ1n) is 12.9. The van der Waals surface area contributed by atoms with E-state index in [1.165, 1.54) is 11.0 Å². The van der Waals surface area contributed by atoms with Crippen molar-refractivity contribution in [3.05, 3.63) is 35.1 Å². The fourth-order valence-corrected chi connectivity index (χ4v) is 6.07. The number of rotatable bonds is 9. The zero-order valence-electron chi connectivity index (χ0n) is 22.2. The molecule has 2 fully saturated rings. The second kappa shape index (κ2) is 11.3. The molecule has 1 heterocycles. The summed E-state index contributed by atoms with van der Waals surface area (Å²) in [5.41, 5.74) is -1.51. The van der Waals surface area contributed by atoms with Gasteiger partial charge in [-0.1, -0.05) is 19.9 Å². The number of amides is 1. The molecular weight excluding hydrogens is 490 g/mol. The summed E-state index contributed by atoms with van der Waals surface area (Å²) in [4.78, 5) is 27.9. The number of carboxylic acid groups (broad SMARTS) is 1. The summed E-state index contributed by atoms with van der Waals surface area (Å²) in [6, 6.07) is 3.05. The van der Waals surface area contributed by atoms with Crippen LogP contribution in [-0.2, 0) is 17.5 Å². The highest BCUT2D eigenvalue weighted by Gasteiger charge is 2.46. The zero-order valence-corrected chi connectivity index (χ0v) is 22.2. The Kier molecular flexibility index (Phi) is 8.94. The van der Waals surface area contributed by atoms with Crippen molar-refractivity contribution in [1.29, 1.82) is 0 Å². The highest BCUT2D eigenvalue weighted by Crippen LogP contribution is 2.40. The molecule has 3 rings (SSSR count). The Bertz CT molecular complexity index is 963. The normalized spacial score (nSPS) is 24.2. The maximum atomic E-state index is 14.1. The van der Waals surface area contributed by atoms with Crippen molar-refractivity contribution in [2.24, 2.45) is 23.7 Å². The third kappa shape index (κ3) is 7.02. The number of fused-ring (bicyclic) bond motifs is 1. The van der Waals surface area contributed by atoms with Crippen molar-refractivity contribution in [2.45, 2.75) is 84.3 Å². The number of hydrogen-bond acceptors (Lipinski definition) is 4. The quantitative estimate of drug-likeness (QED) is 0.247. The van der Waals surface area contributed by atoms with Crippen LogP contribution in [0.4, 0.5) is 22.4 Å². The summed E-state index contributed by atoms with van der Waals surface area (Å²) < 4.78 is 52.8. The third-order valence-electron chi connectivity index (χ3n) is 7.59. The Labute approximate surface area is 216 Å². The van der Waals surface area contributed by atoms with Gasteiger partial charge in [0, 0.05) is 37.1 Å². The average molecular weight is 530 g/mol. The summed E-state index contributed by atoms with van der Waals surface area (Å²) in [6.45, 7) is 11.2. The van der Waals surface area contributed by atoms with E-state index in [1.54, 1.807) is 0 Å². The molecule has 208 valence electrons. The van der Waals surface area contributed by atoms with Crippen molar-refractivity contribution in [3.63, 3.8) is 0 Å². The van der Waals surface area contributed by atoms with E-state index in [4.69, 9.17) is 0 Å². The van der Waals surface area contributed by atoms with E-state index < -0.39 is 41.3 Å². The first kappa shape index (κ1) is 29.4. The number of carbonyl (C=O) groups excluding carboxylic acids is 1. The molecule has 0 spiro atoms. The number of aldehydes is 1. The topological polar surface area (TPSA) is 72.9 Å². The van der Waals surface area contributed by atoms with Gasteiger partial charge in [-0.05, 0) is 75.5 Å². The summed E-state index contributed by atoms with van der Waals surface area (Å²) in [6.07, 6.45) is -3.33. The van der Waals surface area contributed by atoms with Crippen LogP contribution in [0, 0.1) is 29.5 Å². The fraction of sp³-hybridized carbons (Fsp3) is 0.704. The lowest BCUT2D eigenvalue weighted by molar-refractivity contribution is -0.140. The van der Waals surface area contributed by atoms with Gasteiger partial charge in [0.2, 0.25) is 0 Å². The number of alkyl halides is 3. The van der Waals surface area contributed by atoms with Crippen molar-refractivity contribution in [2.75, 3.05) is 13.1 Å². The molecule has 1 amide bonds. The van der Waals surface area contributed by atoms with Crippen LogP contribution < -0.4 is 5.32 Å². The minimum Gasteiger partial charge on any atom is -0.465 e. The van der Waals surface area contributed by atoms with Crippen molar-refractivity contribution >= 4 is 12.4 Å². The SMILES string of the molecule is CC(C)C[C@H](C=O)C(N[C@@H]1CC[C@H]2CN(Cc3ccc(C(F)(F)F)c(F)c3)C[C@H]21)N(C(=O)O)C(C)(C)C. The highest BCUT2D eigenvalue weighted by atomic mass is 19.4. The largest absolute Gasteiger partial charge is 0.465 e. The van der Waals surface area contributed by atoms with Crippen LogP contribution in [0.15, 0.2) is 18.2 Å². The van der Waals surface area contributed by atoms with Gasteiger partial charge in [-0.3, -0.25) is 15.1 Å². The van der Waals surface area contributed by atoms with E-state index in [1.807, 2.05) is 34.6 Å². The van der Waals surface area contributed by atoms with Crippen LogP contribution in [-0.4, -0.2) is 58.1 Å². The number of nitrogens with one attached hydrogen (secondary N) is 1. The van der Waals surface area contributed by atoms with Gasteiger partial charge in [0.15, 0.2) is 0 Å². The predicted molar refractivity (Wildman–Crippen MR) is 132 cm³/mol. The molecule has 1 aliphatic heterocycles. The summed E-state index contributed by atoms with van der Waals surface area (Å²) in [5.74, 6) is -1.04. The number of benzene rings is 1. The van der Waals surface area contributed by atoms with E-state index in [-0.39, 0.29) is 17.9 Å². The van der Waals surface area contributed by atoms with Gasteiger partial charge in [0.25, 0.3) is 0 Å². The Morgan fingerprint density at radius 2 is 1.89 bits per heavy atom. The van der Waals surface area contributed by atoms with Crippen molar-refractivity contribution in [3.8, 4) is 0 Å². The minimum absolute atomic E-state index is 0.0110. The van der Waals surface area contributed by atoms with Crippen molar-refractivity contribution in [1.82, 2.24) is 15.1 Å². The molecule has 37 heavy (non-hydrogen) atoms.